The second-order valence-corrected chi connectivity index (χ2v) is 8.06. The average molecular weight is 444 g/mol. The standard InChI is InChI=1S/C24H24N6O3/c1-4-5-6-21-25-22(28-33-21)16-8-10-17(11-9-16)32-14-20-26-27-24-29(3)23(31)18-13-15(2)7-12-19(18)30(20)24/h7-13H,4-6,14H2,1-3H3. The minimum absolute atomic E-state index is 0.101. The predicted octanol–water partition coefficient (Wildman–Crippen LogP) is 3.86. The van der Waals surface area contributed by atoms with Crippen LogP contribution >= 0.6 is 0 Å². The van der Waals surface area contributed by atoms with E-state index in [-0.39, 0.29) is 12.2 Å². The molecule has 0 aliphatic rings. The maximum atomic E-state index is 12.7. The van der Waals surface area contributed by atoms with E-state index in [9.17, 15) is 4.79 Å². The Hall–Kier alpha value is -4.01. The first-order valence-electron chi connectivity index (χ1n) is 10.9. The van der Waals surface area contributed by atoms with Gasteiger partial charge in [-0.15, -0.1) is 10.2 Å². The van der Waals surface area contributed by atoms with Crippen molar-refractivity contribution in [1.82, 2.24) is 29.3 Å². The van der Waals surface area contributed by atoms with Crippen LogP contribution in [0.5, 0.6) is 5.75 Å². The number of benzene rings is 2. The summed E-state index contributed by atoms with van der Waals surface area (Å²) in [7, 11) is 1.70. The quantitative estimate of drug-likeness (QED) is 0.376. The van der Waals surface area contributed by atoms with E-state index < -0.39 is 0 Å². The highest BCUT2D eigenvalue weighted by Gasteiger charge is 2.15. The van der Waals surface area contributed by atoms with E-state index in [1.54, 1.807) is 7.05 Å². The van der Waals surface area contributed by atoms with Crippen LogP contribution in [-0.2, 0) is 20.1 Å². The van der Waals surface area contributed by atoms with Crippen molar-refractivity contribution < 1.29 is 9.26 Å². The summed E-state index contributed by atoms with van der Waals surface area (Å²) in [5, 5.41) is 13.2. The smallest absolute Gasteiger partial charge is 0.262 e. The minimum Gasteiger partial charge on any atom is -0.486 e. The second-order valence-electron chi connectivity index (χ2n) is 8.06. The lowest BCUT2D eigenvalue weighted by Crippen LogP contribution is -2.20. The summed E-state index contributed by atoms with van der Waals surface area (Å²) in [6.07, 6.45) is 2.89. The monoisotopic (exact) mass is 444 g/mol. The molecular weight excluding hydrogens is 420 g/mol. The third kappa shape index (κ3) is 3.86. The van der Waals surface area contributed by atoms with Gasteiger partial charge in [-0.25, -0.2) is 0 Å². The van der Waals surface area contributed by atoms with E-state index in [1.165, 1.54) is 4.57 Å². The first kappa shape index (κ1) is 20.9. The van der Waals surface area contributed by atoms with Gasteiger partial charge in [-0.3, -0.25) is 13.8 Å². The van der Waals surface area contributed by atoms with Crippen LogP contribution < -0.4 is 10.3 Å². The summed E-state index contributed by atoms with van der Waals surface area (Å²) in [6.45, 7) is 4.29. The van der Waals surface area contributed by atoms with Crippen LogP contribution in [0.3, 0.4) is 0 Å². The van der Waals surface area contributed by atoms with Crippen LogP contribution in [0, 0.1) is 6.92 Å². The van der Waals surface area contributed by atoms with E-state index in [1.807, 2.05) is 53.8 Å². The third-order valence-electron chi connectivity index (χ3n) is 5.63. The van der Waals surface area contributed by atoms with Gasteiger partial charge in [0.15, 0.2) is 5.82 Å². The molecule has 0 amide bonds. The minimum atomic E-state index is -0.101. The summed E-state index contributed by atoms with van der Waals surface area (Å²) in [5.74, 6) is 2.98. The SMILES string of the molecule is CCCCc1nc(-c2ccc(OCc3nnc4n(C)c(=O)c5cc(C)ccc5n34)cc2)no1. The summed E-state index contributed by atoms with van der Waals surface area (Å²) in [5.41, 5.74) is 2.53. The van der Waals surface area contributed by atoms with Crippen LogP contribution in [0.1, 0.15) is 37.0 Å². The number of aryl methyl sites for hydroxylation is 3. The predicted molar refractivity (Wildman–Crippen MR) is 123 cm³/mol. The third-order valence-corrected chi connectivity index (χ3v) is 5.63. The Kier molecular flexibility index (Phi) is 5.37. The fraction of sp³-hybridized carbons (Fsp3) is 0.292. The first-order chi connectivity index (χ1) is 16.0. The normalized spacial score (nSPS) is 11.5. The highest BCUT2D eigenvalue weighted by atomic mass is 16.5. The van der Waals surface area contributed by atoms with Gasteiger partial charge in [-0.05, 0) is 49.7 Å². The molecule has 5 rings (SSSR count). The highest BCUT2D eigenvalue weighted by Crippen LogP contribution is 2.22. The zero-order valence-corrected chi connectivity index (χ0v) is 18.8. The number of aromatic nitrogens is 6. The Morgan fingerprint density at radius 1 is 1.09 bits per heavy atom. The van der Waals surface area contributed by atoms with E-state index in [2.05, 4.69) is 27.3 Å². The molecule has 0 unspecified atom stereocenters. The molecule has 3 aromatic heterocycles. The molecule has 0 saturated heterocycles. The van der Waals surface area contributed by atoms with Gasteiger partial charge in [0.25, 0.3) is 5.56 Å². The summed E-state index contributed by atoms with van der Waals surface area (Å²) < 4.78 is 14.7. The van der Waals surface area contributed by atoms with Crippen molar-refractivity contribution in [3.8, 4) is 17.1 Å². The second kappa shape index (κ2) is 8.50. The van der Waals surface area contributed by atoms with Gasteiger partial charge in [0.1, 0.15) is 12.4 Å². The van der Waals surface area contributed by atoms with Crippen molar-refractivity contribution >= 4 is 16.7 Å². The number of hydrogen-bond donors (Lipinski definition) is 0. The fourth-order valence-corrected chi connectivity index (χ4v) is 3.80. The van der Waals surface area contributed by atoms with Crippen LogP contribution in [0.15, 0.2) is 51.8 Å². The molecule has 0 aliphatic carbocycles. The molecule has 9 heteroatoms. The molecule has 0 fully saturated rings. The molecule has 2 aromatic carbocycles. The Morgan fingerprint density at radius 3 is 2.70 bits per heavy atom. The van der Waals surface area contributed by atoms with Crippen molar-refractivity contribution in [3.63, 3.8) is 0 Å². The van der Waals surface area contributed by atoms with E-state index >= 15 is 0 Å². The Bertz CT molecular complexity index is 1500. The van der Waals surface area contributed by atoms with Gasteiger partial charge in [0, 0.05) is 19.0 Å². The Labute approximate surface area is 189 Å². The highest BCUT2D eigenvalue weighted by molar-refractivity contribution is 5.81. The molecule has 3 heterocycles. The maximum absolute atomic E-state index is 12.7. The van der Waals surface area contributed by atoms with Crippen molar-refractivity contribution in [2.24, 2.45) is 7.05 Å². The lowest BCUT2D eigenvalue weighted by Gasteiger charge is -2.09. The van der Waals surface area contributed by atoms with Crippen LogP contribution in [0.2, 0.25) is 0 Å². The molecule has 0 radical (unpaired) electrons. The van der Waals surface area contributed by atoms with Crippen molar-refractivity contribution in [3.05, 3.63) is 70.1 Å². The first-order valence-corrected chi connectivity index (χ1v) is 10.9. The van der Waals surface area contributed by atoms with Gasteiger partial charge in [0.2, 0.25) is 17.5 Å². The molecule has 168 valence electrons. The molecule has 0 atom stereocenters. The molecule has 5 aromatic rings. The molecular formula is C24H24N6O3. The van der Waals surface area contributed by atoms with Gasteiger partial charge in [-0.2, -0.15) is 4.98 Å². The van der Waals surface area contributed by atoms with Crippen molar-refractivity contribution in [2.45, 2.75) is 39.7 Å². The molecule has 0 aliphatic heterocycles. The topological polar surface area (TPSA) is 100 Å². The fourth-order valence-electron chi connectivity index (χ4n) is 3.80. The van der Waals surface area contributed by atoms with Crippen molar-refractivity contribution in [2.75, 3.05) is 0 Å². The van der Waals surface area contributed by atoms with Gasteiger partial charge >= 0.3 is 0 Å². The number of fused-ring (bicyclic) bond motifs is 3. The van der Waals surface area contributed by atoms with E-state index in [0.717, 1.165) is 35.9 Å². The summed E-state index contributed by atoms with van der Waals surface area (Å²) in [4.78, 5) is 17.2. The summed E-state index contributed by atoms with van der Waals surface area (Å²) in [6, 6.07) is 13.3. The molecule has 0 spiro atoms. The molecule has 9 nitrogen and oxygen atoms in total. The number of unbranched alkanes of at least 4 members (excludes halogenated alkanes) is 1. The van der Waals surface area contributed by atoms with Crippen molar-refractivity contribution in [1.29, 1.82) is 0 Å². The number of nitrogens with zero attached hydrogens (tertiary/aromatic N) is 6. The average Bonchev–Trinajstić information content (AvgIpc) is 3.48. The lowest BCUT2D eigenvalue weighted by atomic mass is 10.1. The molecule has 0 saturated carbocycles. The lowest BCUT2D eigenvalue weighted by molar-refractivity contribution is 0.295. The van der Waals surface area contributed by atoms with Gasteiger partial charge < -0.3 is 9.26 Å². The van der Waals surface area contributed by atoms with Crippen LogP contribution in [0.25, 0.3) is 28.1 Å². The zero-order chi connectivity index (χ0) is 22.9. The largest absolute Gasteiger partial charge is 0.486 e. The van der Waals surface area contributed by atoms with Gasteiger partial charge in [-0.1, -0.05) is 30.1 Å². The number of rotatable bonds is 7. The van der Waals surface area contributed by atoms with E-state index in [4.69, 9.17) is 9.26 Å². The van der Waals surface area contributed by atoms with Gasteiger partial charge in [0.05, 0.1) is 10.9 Å². The molecule has 0 N–H and O–H groups in total. The molecule has 0 bridgehead atoms. The molecule has 33 heavy (non-hydrogen) atoms. The van der Waals surface area contributed by atoms with E-state index in [0.29, 0.717) is 34.5 Å². The maximum Gasteiger partial charge on any atom is 0.262 e. The Morgan fingerprint density at radius 2 is 1.91 bits per heavy atom. The Balaban J connectivity index is 1.38. The zero-order valence-electron chi connectivity index (χ0n) is 18.8. The number of hydrogen-bond acceptors (Lipinski definition) is 7. The summed E-state index contributed by atoms with van der Waals surface area (Å²) >= 11 is 0. The number of ether oxygens (including phenoxy) is 1. The van der Waals surface area contributed by atoms with Crippen LogP contribution in [-0.4, -0.2) is 29.3 Å². The van der Waals surface area contributed by atoms with Crippen LogP contribution in [0.4, 0.5) is 0 Å².